The highest BCUT2D eigenvalue weighted by molar-refractivity contribution is 5.62. The van der Waals surface area contributed by atoms with Gasteiger partial charge in [-0.25, -0.2) is 0 Å². The molecule has 0 N–H and O–H groups in total. The van der Waals surface area contributed by atoms with Gasteiger partial charge in [-0.2, -0.15) is 0 Å². The molecule has 0 aliphatic heterocycles. The predicted octanol–water partition coefficient (Wildman–Crippen LogP) is 5.39. The van der Waals surface area contributed by atoms with E-state index in [1.165, 1.54) is 0 Å². The van der Waals surface area contributed by atoms with Crippen LogP contribution in [0, 0.1) is 0 Å². The van der Waals surface area contributed by atoms with E-state index in [1.807, 2.05) is 55.5 Å². The lowest BCUT2D eigenvalue weighted by Gasteiger charge is -2.27. The highest BCUT2D eigenvalue weighted by Gasteiger charge is 2.11. The fourth-order valence-corrected chi connectivity index (χ4v) is 1.85. The average molecular weight is 263 g/mol. The molecule has 20 heavy (non-hydrogen) atoms. The Balaban J connectivity index is 3.37. The number of rotatable bonds is 7. The van der Waals surface area contributed by atoms with E-state index in [-0.39, 0.29) is 0 Å². The van der Waals surface area contributed by atoms with Crippen molar-refractivity contribution in [3.8, 4) is 0 Å². The third-order valence-electron chi connectivity index (χ3n) is 2.73. The van der Waals surface area contributed by atoms with Gasteiger partial charge < -0.3 is 4.90 Å². The molecule has 1 heteroatoms. The first-order chi connectivity index (χ1) is 9.78. The Labute approximate surface area is 122 Å². The number of benzene rings is 1. The second-order valence-corrected chi connectivity index (χ2v) is 4.01. The van der Waals surface area contributed by atoms with Gasteiger partial charge in [0.1, 0.15) is 0 Å². The lowest BCUT2D eigenvalue weighted by atomic mass is 10.2. The first-order valence-electron chi connectivity index (χ1n) is 6.54. The van der Waals surface area contributed by atoms with Gasteiger partial charge in [0, 0.05) is 17.1 Å². The van der Waals surface area contributed by atoms with Gasteiger partial charge in [-0.15, -0.1) is 0 Å². The lowest BCUT2D eigenvalue weighted by molar-refractivity contribution is 1.14. The molecular weight excluding hydrogens is 242 g/mol. The van der Waals surface area contributed by atoms with Crippen LogP contribution >= 0.6 is 0 Å². The predicted molar refractivity (Wildman–Crippen MR) is 90.5 cm³/mol. The molecule has 0 aliphatic rings. The van der Waals surface area contributed by atoms with Crippen molar-refractivity contribution in [1.82, 2.24) is 0 Å². The minimum atomic E-state index is 0.966. The molecule has 0 amide bonds. The molecular formula is C19H21N. The minimum absolute atomic E-state index is 0.966. The van der Waals surface area contributed by atoms with E-state index in [0.717, 1.165) is 17.1 Å². The topological polar surface area (TPSA) is 3.24 Å². The monoisotopic (exact) mass is 263 g/mol. The van der Waals surface area contributed by atoms with Gasteiger partial charge in [0.25, 0.3) is 0 Å². The van der Waals surface area contributed by atoms with Crippen LogP contribution in [-0.2, 0) is 0 Å². The summed E-state index contributed by atoms with van der Waals surface area (Å²) < 4.78 is 0. The van der Waals surface area contributed by atoms with Gasteiger partial charge in [-0.3, -0.25) is 0 Å². The molecule has 0 unspecified atom stereocenters. The smallest absolute Gasteiger partial charge is 0.0461 e. The molecule has 0 fully saturated rings. The normalized spacial score (nSPS) is 12.2. The molecule has 0 spiro atoms. The molecule has 1 rings (SSSR count). The highest BCUT2D eigenvalue weighted by Crippen LogP contribution is 2.25. The second-order valence-electron chi connectivity index (χ2n) is 4.01. The first kappa shape index (κ1) is 15.5. The van der Waals surface area contributed by atoms with Crippen molar-refractivity contribution < 1.29 is 0 Å². The van der Waals surface area contributed by atoms with Crippen LogP contribution in [0.4, 0.5) is 5.69 Å². The standard InChI is InChI=1S/C19H21N/c1-5-9-14-18(8-4)20(17(7-3)13-6-2)19-15-11-10-12-16-19/h5-16H,1-3H2,4H3/b14-9-,17-13+,18-8+. The van der Waals surface area contributed by atoms with Gasteiger partial charge in [-0.05, 0) is 37.3 Å². The van der Waals surface area contributed by atoms with E-state index < -0.39 is 0 Å². The van der Waals surface area contributed by atoms with Gasteiger partial charge in [0.2, 0.25) is 0 Å². The van der Waals surface area contributed by atoms with Gasteiger partial charge >= 0.3 is 0 Å². The summed E-state index contributed by atoms with van der Waals surface area (Å²) in [5, 5.41) is 0. The molecule has 0 heterocycles. The van der Waals surface area contributed by atoms with Crippen LogP contribution < -0.4 is 4.90 Å². The number of para-hydroxylation sites is 1. The number of hydrogen-bond donors (Lipinski definition) is 0. The Kier molecular flexibility index (Phi) is 6.63. The third-order valence-corrected chi connectivity index (χ3v) is 2.73. The number of allylic oxidation sites excluding steroid dienone is 7. The molecule has 102 valence electrons. The van der Waals surface area contributed by atoms with Crippen molar-refractivity contribution in [3.63, 3.8) is 0 Å². The minimum Gasteiger partial charge on any atom is -0.311 e. The fourth-order valence-electron chi connectivity index (χ4n) is 1.85. The van der Waals surface area contributed by atoms with Gasteiger partial charge in [-0.1, -0.05) is 62.2 Å². The molecule has 0 aromatic heterocycles. The van der Waals surface area contributed by atoms with Gasteiger partial charge in [0.15, 0.2) is 0 Å². The molecule has 1 nitrogen and oxygen atoms in total. The van der Waals surface area contributed by atoms with Crippen molar-refractivity contribution >= 4 is 5.69 Å². The van der Waals surface area contributed by atoms with E-state index >= 15 is 0 Å². The molecule has 0 aliphatic carbocycles. The summed E-state index contributed by atoms with van der Waals surface area (Å²) >= 11 is 0. The quantitative estimate of drug-likeness (QED) is 0.596. The van der Waals surface area contributed by atoms with Gasteiger partial charge in [0.05, 0.1) is 0 Å². The van der Waals surface area contributed by atoms with Crippen LogP contribution in [-0.4, -0.2) is 0 Å². The van der Waals surface area contributed by atoms with Crippen molar-refractivity contribution in [2.45, 2.75) is 6.92 Å². The van der Waals surface area contributed by atoms with Crippen molar-refractivity contribution in [1.29, 1.82) is 0 Å². The van der Waals surface area contributed by atoms with E-state index in [2.05, 4.69) is 36.8 Å². The highest BCUT2D eigenvalue weighted by atomic mass is 15.1. The molecule has 0 radical (unpaired) electrons. The number of hydrogen-bond acceptors (Lipinski definition) is 1. The van der Waals surface area contributed by atoms with Crippen LogP contribution in [0.5, 0.6) is 0 Å². The number of anilines is 1. The van der Waals surface area contributed by atoms with Crippen molar-refractivity contribution in [3.05, 3.63) is 104 Å². The summed E-state index contributed by atoms with van der Waals surface area (Å²) in [6.07, 6.45) is 13.3. The zero-order chi connectivity index (χ0) is 14.8. The molecule has 1 aromatic carbocycles. The Morgan fingerprint density at radius 2 is 1.70 bits per heavy atom. The number of nitrogens with zero attached hydrogens (tertiary/aromatic N) is 1. The summed E-state index contributed by atoms with van der Waals surface area (Å²) in [7, 11) is 0. The SMILES string of the molecule is C=C/C=C\C(=C/C)N(/C(C=C)=C/C=C)c1ccccc1. The van der Waals surface area contributed by atoms with E-state index in [4.69, 9.17) is 0 Å². The van der Waals surface area contributed by atoms with Crippen LogP contribution in [0.25, 0.3) is 0 Å². The van der Waals surface area contributed by atoms with Crippen LogP contribution in [0.3, 0.4) is 0 Å². The third kappa shape index (κ3) is 3.99. The molecule has 0 atom stereocenters. The first-order valence-corrected chi connectivity index (χ1v) is 6.54. The Morgan fingerprint density at radius 1 is 1.00 bits per heavy atom. The maximum Gasteiger partial charge on any atom is 0.0461 e. The molecule has 1 aromatic rings. The van der Waals surface area contributed by atoms with E-state index in [9.17, 15) is 0 Å². The van der Waals surface area contributed by atoms with E-state index in [0.29, 0.717) is 0 Å². The van der Waals surface area contributed by atoms with Crippen LogP contribution in [0.2, 0.25) is 0 Å². The van der Waals surface area contributed by atoms with Crippen molar-refractivity contribution in [2.24, 2.45) is 0 Å². The zero-order valence-electron chi connectivity index (χ0n) is 12.0. The summed E-state index contributed by atoms with van der Waals surface area (Å²) in [6, 6.07) is 10.2. The second kappa shape index (κ2) is 8.54. The Morgan fingerprint density at radius 3 is 2.20 bits per heavy atom. The average Bonchev–Trinajstić information content (AvgIpc) is 2.50. The van der Waals surface area contributed by atoms with Crippen molar-refractivity contribution in [2.75, 3.05) is 4.90 Å². The molecule has 0 bridgehead atoms. The summed E-state index contributed by atoms with van der Waals surface area (Å²) in [6.45, 7) is 13.4. The Bertz CT molecular complexity index is 544. The molecule has 0 saturated carbocycles. The largest absolute Gasteiger partial charge is 0.311 e. The zero-order valence-corrected chi connectivity index (χ0v) is 12.0. The summed E-state index contributed by atoms with van der Waals surface area (Å²) in [5.41, 5.74) is 3.08. The maximum atomic E-state index is 3.89. The van der Waals surface area contributed by atoms with Crippen LogP contribution in [0.15, 0.2) is 104 Å². The van der Waals surface area contributed by atoms with E-state index in [1.54, 1.807) is 12.2 Å². The summed E-state index contributed by atoms with van der Waals surface area (Å²) in [5.74, 6) is 0. The van der Waals surface area contributed by atoms with Crippen LogP contribution in [0.1, 0.15) is 6.92 Å². The lowest BCUT2D eigenvalue weighted by Crippen LogP contribution is -2.19. The Hall–Kier alpha value is -2.54. The maximum absolute atomic E-state index is 3.89. The fraction of sp³-hybridized carbons (Fsp3) is 0.0526. The molecule has 0 saturated heterocycles. The summed E-state index contributed by atoms with van der Waals surface area (Å²) in [4.78, 5) is 2.12.